The Labute approximate surface area is 112 Å². The van der Waals surface area contributed by atoms with Crippen molar-refractivity contribution in [2.75, 3.05) is 7.11 Å². The van der Waals surface area contributed by atoms with Crippen molar-refractivity contribution in [2.45, 2.75) is 6.18 Å². The van der Waals surface area contributed by atoms with Gasteiger partial charge in [-0.15, -0.1) is 0 Å². The van der Waals surface area contributed by atoms with Crippen LogP contribution in [0.3, 0.4) is 0 Å². The van der Waals surface area contributed by atoms with Crippen LogP contribution in [0.15, 0.2) is 30.5 Å². The highest BCUT2D eigenvalue weighted by Gasteiger charge is 2.32. The molecule has 0 spiro atoms. The molecule has 0 fully saturated rings. The van der Waals surface area contributed by atoms with Crippen molar-refractivity contribution in [3.8, 4) is 17.1 Å². The molecule has 0 saturated heterocycles. The van der Waals surface area contributed by atoms with E-state index in [-0.39, 0.29) is 16.5 Å². The van der Waals surface area contributed by atoms with Gasteiger partial charge in [-0.1, -0.05) is 11.6 Å². The second-order valence-corrected chi connectivity index (χ2v) is 4.00. The number of hydrogen-bond acceptors (Lipinski definition) is 3. The third-order valence-electron chi connectivity index (χ3n) is 2.35. The van der Waals surface area contributed by atoms with Gasteiger partial charge in [0, 0.05) is 6.20 Å². The first-order valence-electron chi connectivity index (χ1n) is 5.16. The van der Waals surface area contributed by atoms with E-state index < -0.39 is 11.7 Å². The second kappa shape index (κ2) is 5.05. The molecular weight excluding hydrogens is 281 g/mol. The molecule has 0 radical (unpaired) electrons. The molecule has 100 valence electrons. The van der Waals surface area contributed by atoms with Crippen LogP contribution in [0.2, 0.25) is 5.15 Å². The maximum Gasteiger partial charge on any atom is 0.416 e. The van der Waals surface area contributed by atoms with Crippen LogP contribution < -0.4 is 4.74 Å². The molecule has 2 aromatic heterocycles. The fourth-order valence-electron chi connectivity index (χ4n) is 1.53. The molecule has 0 aliphatic carbocycles. The predicted molar refractivity (Wildman–Crippen MR) is 64.0 cm³/mol. The molecule has 7 heteroatoms. The molecule has 19 heavy (non-hydrogen) atoms. The Hall–Kier alpha value is -1.82. The summed E-state index contributed by atoms with van der Waals surface area (Å²) in [4.78, 5) is 7.82. The molecule has 0 bridgehead atoms. The van der Waals surface area contributed by atoms with E-state index in [4.69, 9.17) is 16.3 Å². The van der Waals surface area contributed by atoms with Crippen molar-refractivity contribution >= 4 is 11.6 Å². The van der Waals surface area contributed by atoms with Crippen LogP contribution in [0.5, 0.6) is 5.75 Å². The number of ether oxygens (including phenoxy) is 1. The SMILES string of the molecule is COc1cccnc1-c1cc(C(F)(F)F)cc(Cl)n1. The molecule has 2 rings (SSSR count). The Bertz CT molecular complexity index is 602. The highest BCUT2D eigenvalue weighted by atomic mass is 35.5. The first-order chi connectivity index (χ1) is 8.91. The van der Waals surface area contributed by atoms with Crippen molar-refractivity contribution in [1.82, 2.24) is 9.97 Å². The molecular formula is C12H8ClF3N2O. The summed E-state index contributed by atoms with van der Waals surface area (Å²) in [6, 6.07) is 4.84. The van der Waals surface area contributed by atoms with E-state index in [1.807, 2.05) is 0 Å². The molecule has 2 heterocycles. The van der Waals surface area contributed by atoms with E-state index in [0.717, 1.165) is 12.1 Å². The quantitative estimate of drug-likeness (QED) is 0.788. The summed E-state index contributed by atoms with van der Waals surface area (Å²) in [5.74, 6) is 0.324. The maximum absolute atomic E-state index is 12.7. The number of hydrogen-bond donors (Lipinski definition) is 0. The average molecular weight is 289 g/mol. The van der Waals surface area contributed by atoms with Gasteiger partial charge in [0.05, 0.1) is 18.4 Å². The van der Waals surface area contributed by atoms with Crippen LogP contribution in [0.4, 0.5) is 13.2 Å². The van der Waals surface area contributed by atoms with Gasteiger partial charge >= 0.3 is 6.18 Å². The molecule has 0 unspecified atom stereocenters. The van der Waals surface area contributed by atoms with Crippen LogP contribution in [-0.4, -0.2) is 17.1 Å². The minimum atomic E-state index is -4.50. The predicted octanol–water partition coefficient (Wildman–Crippen LogP) is 3.82. The molecule has 0 N–H and O–H groups in total. The molecule has 2 aromatic rings. The number of aromatic nitrogens is 2. The summed E-state index contributed by atoms with van der Waals surface area (Å²) in [5, 5.41) is -0.252. The van der Waals surface area contributed by atoms with Crippen LogP contribution in [-0.2, 0) is 6.18 Å². The highest BCUT2D eigenvalue weighted by Crippen LogP contribution is 2.34. The minimum Gasteiger partial charge on any atom is -0.494 e. The number of rotatable bonds is 2. The van der Waals surface area contributed by atoms with Crippen molar-refractivity contribution < 1.29 is 17.9 Å². The average Bonchev–Trinajstić information content (AvgIpc) is 2.37. The first kappa shape index (κ1) is 13.6. The molecule has 0 aromatic carbocycles. The number of alkyl halides is 3. The summed E-state index contributed by atoms with van der Waals surface area (Å²) >= 11 is 5.62. The Balaban J connectivity index is 2.60. The van der Waals surface area contributed by atoms with Gasteiger partial charge in [0.1, 0.15) is 16.6 Å². The first-order valence-corrected chi connectivity index (χ1v) is 5.54. The summed E-state index contributed by atoms with van der Waals surface area (Å²) in [7, 11) is 1.40. The molecule has 0 aliphatic rings. The number of nitrogens with zero attached hydrogens (tertiary/aromatic N) is 2. The zero-order chi connectivity index (χ0) is 14.0. The van der Waals surface area contributed by atoms with Gasteiger partial charge < -0.3 is 4.74 Å². The Kier molecular flexibility index (Phi) is 3.61. The standard InChI is InChI=1S/C12H8ClF3N2O/c1-19-9-3-2-4-17-11(9)8-5-7(12(14,15)16)6-10(13)18-8/h2-6H,1H3. The third kappa shape index (κ3) is 2.96. The monoisotopic (exact) mass is 288 g/mol. The fraction of sp³-hybridized carbons (Fsp3) is 0.167. The van der Waals surface area contributed by atoms with Crippen LogP contribution in [0.25, 0.3) is 11.4 Å². The topological polar surface area (TPSA) is 35.0 Å². The Morgan fingerprint density at radius 2 is 2.00 bits per heavy atom. The lowest BCUT2D eigenvalue weighted by Crippen LogP contribution is -2.06. The summed E-state index contributed by atoms with van der Waals surface area (Å²) < 4.78 is 43.2. The van der Waals surface area contributed by atoms with Crippen LogP contribution in [0, 0.1) is 0 Å². The number of methoxy groups -OCH3 is 1. The number of halogens is 4. The van der Waals surface area contributed by atoms with E-state index in [0.29, 0.717) is 5.75 Å². The maximum atomic E-state index is 12.7. The highest BCUT2D eigenvalue weighted by molar-refractivity contribution is 6.29. The summed E-state index contributed by atoms with van der Waals surface area (Å²) in [6.45, 7) is 0. The largest absolute Gasteiger partial charge is 0.494 e. The van der Waals surface area contributed by atoms with Gasteiger partial charge in [-0.3, -0.25) is 4.98 Å². The van der Waals surface area contributed by atoms with Crippen molar-refractivity contribution in [3.63, 3.8) is 0 Å². The van der Waals surface area contributed by atoms with Crippen LogP contribution in [0.1, 0.15) is 5.56 Å². The lowest BCUT2D eigenvalue weighted by atomic mass is 10.1. The zero-order valence-electron chi connectivity index (χ0n) is 9.70. The third-order valence-corrected chi connectivity index (χ3v) is 2.55. The second-order valence-electron chi connectivity index (χ2n) is 3.62. The lowest BCUT2D eigenvalue weighted by Gasteiger charge is -2.10. The molecule has 0 amide bonds. The molecule has 0 saturated carbocycles. The zero-order valence-corrected chi connectivity index (χ0v) is 10.5. The number of pyridine rings is 2. The smallest absolute Gasteiger partial charge is 0.416 e. The molecule has 0 aliphatic heterocycles. The molecule has 3 nitrogen and oxygen atoms in total. The van der Waals surface area contributed by atoms with Gasteiger partial charge in [0.15, 0.2) is 0 Å². The van der Waals surface area contributed by atoms with E-state index in [9.17, 15) is 13.2 Å². The van der Waals surface area contributed by atoms with Crippen LogP contribution >= 0.6 is 11.6 Å². The van der Waals surface area contributed by atoms with E-state index in [1.54, 1.807) is 12.1 Å². The minimum absolute atomic E-state index is 0.0114. The van der Waals surface area contributed by atoms with E-state index in [2.05, 4.69) is 9.97 Å². The fourth-order valence-corrected chi connectivity index (χ4v) is 1.74. The van der Waals surface area contributed by atoms with Gasteiger partial charge in [-0.2, -0.15) is 13.2 Å². The van der Waals surface area contributed by atoms with Crippen molar-refractivity contribution in [1.29, 1.82) is 0 Å². The Morgan fingerprint density at radius 3 is 2.63 bits per heavy atom. The van der Waals surface area contributed by atoms with E-state index in [1.165, 1.54) is 13.3 Å². The van der Waals surface area contributed by atoms with E-state index >= 15 is 0 Å². The van der Waals surface area contributed by atoms with Gasteiger partial charge in [0.25, 0.3) is 0 Å². The van der Waals surface area contributed by atoms with Gasteiger partial charge in [-0.25, -0.2) is 4.98 Å². The molecule has 0 atom stereocenters. The Morgan fingerprint density at radius 1 is 1.26 bits per heavy atom. The van der Waals surface area contributed by atoms with Crippen molar-refractivity contribution in [2.24, 2.45) is 0 Å². The normalized spacial score (nSPS) is 11.4. The summed E-state index contributed by atoms with van der Waals surface area (Å²) in [6.07, 6.45) is -3.06. The lowest BCUT2D eigenvalue weighted by molar-refractivity contribution is -0.137. The van der Waals surface area contributed by atoms with Gasteiger partial charge in [0.2, 0.25) is 0 Å². The van der Waals surface area contributed by atoms with Gasteiger partial charge in [-0.05, 0) is 24.3 Å². The van der Waals surface area contributed by atoms with Crippen molar-refractivity contribution in [3.05, 3.63) is 41.2 Å². The summed E-state index contributed by atoms with van der Waals surface area (Å²) in [5.41, 5.74) is -0.662.